The largest absolute Gasteiger partial charge is 0.480 e. The van der Waals surface area contributed by atoms with Gasteiger partial charge in [0, 0.05) is 12.1 Å². The molecule has 8 heteroatoms. The lowest BCUT2D eigenvalue weighted by Gasteiger charge is -2.16. The number of aliphatic carboxylic acids is 1. The predicted molar refractivity (Wildman–Crippen MR) is 122 cm³/mol. The monoisotopic (exact) mass is 445 g/mol. The summed E-state index contributed by atoms with van der Waals surface area (Å²) in [4.78, 5) is 40.3. The van der Waals surface area contributed by atoms with Gasteiger partial charge < -0.3 is 15.2 Å². The van der Waals surface area contributed by atoms with E-state index in [1.54, 1.807) is 13.0 Å². The minimum Gasteiger partial charge on any atom is -0.480 e. The molecule has 1 heterocycles. The Bertz CT molecular complexity index is 1160. The van der Waals surface area contributed by atoms with Gasteiger partial charge in [-0.1, -0.05) is 55.5 Å². The fourth-order valence-electron chi connectivity index (χ4n) is 4.00. The van der Waals surface area contributed by atoms with Crippen LogP contribution in [0.1, 0.15) is 40.9 Å². The van der Waals surface area contributed by atoms with Crippen molar-refractivity contribution >= 4 is 23.7 Å². The maximum absolute atomic E-state index is 12.6. The molecule has 0 fully saturated rings. The lowest BCUT2D eigenvalue weighted by Crippen LogP contribution is -2.40. The summed E-state index contributed by atoms with van der Waals surface area (Å²) < 4.78 is 5.52. The van der Waals surface area contributed by atoms with Crippen LogP contribution in [0.5, 0.6) is 0 Å². The van der Waals surface area contributed by atoms with Crippen molar-refractivity contribution in [3.63, 3.8) is 0 Å². The lowest BCUT2D eigenvalue weighted by atomic mass is 9.98. The number of rotatable bonds is 7. The molecule has 0 saturated heterocycles. The Morgan fingerprint density at radius 2 is 1.64 bits per heavy atom. The number of benzene rings is 2. The summed E-state index contributed by atoms with van der Waals surface area (Å²) in [5.41, 5.74) is 4.46. The summed E-state index contributed by atoms with van der Waals surface area (Å²) in [6, 6.07) is 18.0. The fraction of sp³-hybridized carbons (Fsp3) is 0.200. The number of nitrogens with zero attached hydrogens (tertiary/aromatic N) is 1. The molecule has 1 aliphatic carbocycles. The number of carbonyl (C=O) groups excluding carboxylic acids is 2. The Labute approximate surface area is 190 Å². The molecule has 168 valence electrons. The van der Waals surface area contributed by atoms with Gasteiger partial charge in [0.15, 0.2) is 5.69 Å². The highest BCUT2D eigenvalue weighted by atomic mass is 16.5. The summed E-state index contributed by atoms with van der Waals surface area (Å²) in [6.07, 6.45) is 0.868. The highest BCUT2D eigenvalue weighted by molar-refractivity contribution is 6.02. The lowest BCUT2D eigenvalue weighted by molar-refractivity contribution is -0.139. The number of ether oxygens (including phenoxy) is 1. The van der Waals surface area contributed by atoms with Gasteiger partial charge in [0.05, 0.1) is 5.69 Å². The molecule has 3 aromatic rings. The molecule has 1 atom stereocenters. The van der Waals surface area contributed by atoms with E-state index in [0.717, 1.165) is 22.3 Å². The maximum atomic E-state index is 12.6. The average Bonchev–Trinajstić information content (AvgIpc) is 3.15. The zero-order chi connectivity index (χ0) is 23.4. The normalized spacial score (nSPS) is 12.9. The van der Waals surface area contributed by atoms with Crippen molar-refractivity contribution in [1.82, 2.24) is 10.3 Å². The van der Waals surface area contributed by atoms with Crippen molar-refractivity contribution < 1.29 is 24.2 Å². The summed E-state index contributed by atoms with van der Waals surface area (Å²) in [6.45, 7) is 1.77. The van der Waals surface area contributed by atoms with E-state index in [9.17, 15) is 19.5 Å². The van der Waals surface area contributed by atoms with E-state index in [-0.39, 0.29) is 30.3 Å². The van der Waals surface area contributed by atoms with Gasteiger partial charge in [-0.25, -0.2) is 14.6 Å². The van der Waals surface area contributed by atoms with E-state index in [2.05, 4.69) is 27.8 Å². The molecule has 33 heavy (non-hydrogen) atoms. The van der Waals surface area contributed by atoms with E-state index in [1.165, 1.54) is 12.3 Å². The molecule has 0 spiro atoms. The number of hydrogen-bond acceptors (Lipinski definition) is 5. The van der Waals surface area contributed by atoms with Crippen LogP contribution in [-0.4, -0.2) is 40.7 Å². The number of fused-ring (bicyclic) bond motifs is 3. The molecule has 1 aliphatic rings. The standard InChI is InChI=1S/C25H23N3O5/c1-2-20(24(30)31)27-23(29)22-21(12-7-13-26-22)28-25(32)33-14-19-17-10-5-3-8-15(17)16-9-4-6-11-18(16)19/h3-13,19-20H,2,14H2,1H3,(H,27,29)(H,28,32)(H,30,31)/t20-/m0/s1. The van der Waals surface area contributed by atoms with Crippen LogP contribution in [0.2, 0.25) is 0 Å². The van der Waals surface area contributed by atoms with Crippen LogP contribution in [0.4, 0.5) is 10.5 Å². The Hall–Kier alpha value is -4.20. The molecule has 1 aromatic heterocycles. The highest BCUT2D eigenvalue weighted by Crippen LogP contribution is 2.44. The van der Waals surface area contributed by atoms with Gasteiger partial charge >= 0.3 is 12.1 Å². The second-order valence-corrected chi connectivity index (χ2v) is 7.62. The van der Waals surface area contributed by atoms with Gasteiger partial charge in [0.1, 0.15) is 12.6 Å². The molecule has 0 unspecified atom stereocenters. The molecule has 4 rings (SSSR count). The van der Waals surface area contributed by atoms with Crippen molar-refractivity contribution in [3.8, 4) is 11.1 Å². The minimum atomic E-state index is -1.15. The van der Waals surface area contributed by atoms with E-state index >= 15 is 0 Å². The maximum Gasteiger partial charge on any atom is 0.411 e. The van der Waals surface area contributed by atoms with E-state index in [4.69, 9.17) is 4.74 Å². The number of carbonyl (C=O) groups is 3. The Kier molecular flexibility index (Phi) is 6.35. The number of nitrogens with one attached hydrogen (secondary N) is 2. The van der Waals surface area contributed by atoms with Gasteiger partial charge in [-0.3, -0.25) is 10.1 Å². The third kappa shape index (κ3) is 4.55. The number of pyridine rings is 1. The van der Waals surface area contributed by atoms with Crippen molar-refractivity contribution in [2.75, 3.05) is 11.9 Å². The number of hydrogen-bond donors (Lipinski definition) is 3. The molecular weight excluding hydrogens is 422 g/mol. The molecule has 2 amide bonds. The molecule has 0 bridgehead atoms. The van der Waals surface area contributed by atoms with Crippen LogP contribution in [0.25, 0.3) is 11.1 Å². The van der Waals surface area contributed by atoms with Crippen molar-refractivity contribution in [2.45, 2.75) is 25.3 Å². The van der Waals surface area contributed by atoms with Crippen LogP contribution >= 0.6 is 0 Å². The quantitative estimate of drug-likeness (QED) is 0.505. The predicted octanol–water partition coefficient (Wildman–Crippen LogP) is 4.04. The molecule has 0 aliphatic heterocycles. The number of carboxylic acids is 1. The van der Waals surface area contributed by atoms with Crippen molar-refractivity contribution in [2.24, 2.45) is 0 Å². The van der Waals surface area contributed by atoms with Gasteiger partial charge in [0.2, 0.25) is 0 Å². The first-order valence-electron chi connectivity index (χ1n) is 10.6. The van der Waals surface area contributed by atoms with E-state index in [1.807, 2.05) is 36.4 Å². The van der Waals surface area contributed by atoms with Crippen LogP contribution in [0, 0.1) is 0 Å². The van der Waals surface area contributed by atoms with E-state index < -0.39 is 24.0 Å². The number of carboxylic acid groups (broad SMARTS) is 1. The first-order valence-corrected chi connectivity index (χ1v) is 10.6. The van der Waals surface area contributed by atoms with Crippen LogP contribution in [-0.2, 0) is 9.53 Å². The molecule has 0 saturated carbocycles. The third-order valence-electron chi connectivity index (χ3n) is 5.61. The topological polar surface area (TPSA) is 118 Å². The van der Waals surface area contributed by atoms with Gasteiger partial charge in [-0.05, 0) is 40.8 Å². The smallest absolute Gasteiger partial charge is 0.411 e. The summed E-state index contributed by atoms with van der Waals surface area (Å²) in [7, 11) is 0. The number of amides is 2. The van der Waals surface area contributed by atoms with Crippen LogP contribution in [0.3, 0.4) is 0 Å². The molecule has 3 N–H and O–H groups in total. The van der Waals surface area contributed by atoms with Gasteiger partial charge in [-0.15, -0.1) is 0 Å². The van der Waals surface area contributed by atoms with Gasteiger partial charge in [-0.2, -0.15) is 0 Å². The Morgan fingerprint density at radius 1 is 1.00 bits per heavy atom. The van der Waals surface area contributed by atoms with Crippen LogP contribution in [0.15, 0.2) is 66.9 Å². The minimum absolute atomic E-state index is 0.0919. The summed E-state index contributed by atoms with van der Waals surface area (Å²) in [5, 5.41) is 14.1. The first kappa shape index (κ1) is 22.0. The van der Waals surface area contributed by atoms with Crippen molar-refractivity contribution in [3.05, 3.63) is 83.7 Å². The Morgan fingerprint density at radius 3 is 2.24 bits per heavy atom. The Balaban J connectivity index is 1.46. The summed E-state index contributed by atoms with van der Waals surface area (Å²) in [5.74, 6) is -1.94. The SMILES string of the molecule is CC[C@H](NC(=O)c1ncccc1NC(=O)OCC1c2ccccc2-c2ccccc21)C(=O)O. The van der Waals surface area contributed by atoms with Crippen molar-refractivity contribution in [1.29, 1.82) is 0 Å². The van der Waals surface area contributed by atoms with Gasteiger partial charge in [0.25, 0.3) is 5.91 Å². The number of anilines is 1. The van der Waals surface area contributed by atoms with E-state index in [0.29, 0.717) is 0 Å². The zero-order valence-electron chi connectivity index (χ0n) is 17.9. The highest BCUT2D eigenvalue weighted by Gasteiger charge is 2.29. The average molecular weight is 445 g/mol. The van der Waals surface area contributed by atoms with Crippen LogP contribution < -0.4 is 10.6 Å². The number of aromatic nitrogens is 1. The molecule has 2 aromatic carbocycles. The molecule has 8 nitrogen and oxygen atoms in total. The summed E-state index contributed by atoms with van der Waals surface area (Å²) >= 11 is 0. The second-order valence-electron chi connectivity index (χ2n) is 7.62. The second kappa shape index (κ2) is 9.52. The fourth-order valence-corrected chi connectivity index (χ4v) is 4.00. The molecule has 0 radical (unpaired) electrons. The third-order valence-corrected chi connectivity index (χ3v) is 5.61. The molecular formula is C25H23N3O5. The zero-order valence-corrected chi connectivity index (χ0v) is 17.9. The first-order chi connectivity index (χ1) is 16.0.